The van der Waals surface area contributed by atoms with E-state index in [0.29, 0.717) is 0 Å². The molecule has 192 valence electrons. The third-order valence-corrected chi connectivity index (χ3v) is 4.34. The van der Waals surface area contributed by atoms with Crippen molar-refractivity contribution in [2.75, 3.05) is 38.6 Å². The standard InChI is InChI=1S/C18H26N4O.2C2H2O4/c1-5-22(6-2)12-11-19-17-13-14(3)18(21-20-17)15-7-9-16(23-4)10-8-15;2*3-1(4)2(5)6/h7-10,13H,5-6,11-12H2,1-4H3,(H,19,20);2*(H,3,4)(H,5,6). The van der Waals surface area contributed by atoms with Crippen LogP contribution in [0.5, 0.6) is 5.75 Å². The number of hydrogen-bond acceptors (Lipinski definition) is 9. The van der Waals surface area contributed by atoms with Gasteiger partial charge in [-0.05, 0) is 55.9 Å². The smallest absolute Gasteiger partial charge is 0.414 e. The minimum atomic E-state index is -1.82. The van der Waals surface area contributed by atoms with Crippen molar-refractivity contribution in [2.24, 2.45) is 0 Å². The Labute approximate surface area is 202 Å². The van der Waals surface area contributed by atoms with Crippen LogP contribution in [0.3, 0.4) is 0 Å². The lowest BCUT2D eigenvalue weighted by molar-refractivity contribution is -0.159. The maximum absolute atomic E-state index is 9.10. The molecule has 0 amide bonds. The summed E-state index contributed by atoms with van der Waals surface area (Å²) in [6, 6.07) is 9.93. The van der Waals surface area contributed by atoms with E-state index in [2.05, 4.69) is 47.3 Å². The van der Waals surface area contributed by atoms with E-state index in [4.69, 9.17) is 44.3 Å². The monoisotopic (exact) mass is 494 g/mol. The molecule has 0 aliphatic heterocycles. The van der Waals surface area contributed by atoms with E-state index < -0.39 is 23.9 Å². The lowest BCUT2D eigenvalue weighted by atomic mass is 10.1. The highest BCUT2D eigenvalue weighted by Crippen LogP contribution is 2.24. The van der Waals surface area contributed by atoms with Crippen molar-refractivity contribution >= 4 is 29.7 Å². The summed E-state index contributed by atoms with van der Waals surface area (Å²) in [4.78, 5) is 38.8. The van der Waals surface area contributed by atoms with Gasteiger partial charge in [-0.2, -0.15) is 0 Å². The molecule has 2 rings (SSSR count). The van der Waals surface area contributed by atoms with E-state index in [1.165, 1.54) is 0 Å². The molecule has 0 spiro atoms. The van der Waals surface area contributed by atoms with Crippen LogP contribution in [0.2, 0.25) is 0 Å². The third-order valence-electron chi connectivity index (χ3n) is 4.34. The molecule has 0 aliphatic rings. The van der Waals surface area contributed by atoms with Crippen molar-refractivity contribution in [3.8, 4) is 17.0 Å². The number of likely N-dealkylation sites (N-methyl/N-ethyl adjacent to an activating group) is 1. The molecule has 13 heteroatoms. The second kappa shape index (κ2) is 16.4. The van der Waals surface area contributed by atoms with Crippen LogP contribution >= 0.6 is 0 Å². The molecule has 0 fully saturated rings. The Morgan fingerprint density at radius 2 is 1.37 bits per heavy atom. The van der Waals surface area contributed by atoms with Crippen LogP contribution in [0.25, 0.3) is 11.3 Å². The van der Waals surface area contributed by atoms with Gasteiger partial charge in [0.25, 0.3) is 0 Å². The van der Waals surface area contributed by atoms with E-state index >= 15 is 0 Å². The molecular formula is C22H30N4O9. The maximum Gasteiger partial charge on any atom is 0.414 e. The summed E-state index contributed by atoms with van der Waals surface area (Å²) in [7, 11) is 1.67. The summed E-state index contributed by atoms with van der Waals surface area (Å²) < 4.78 is 5.19. The van der Waals surface area contributed by atoms with Gasteiger partial charge in [0.1, 0.15) is 11.6 Å². The largest absolute Gasteiger partial charge is 0.497 e. The fourth-order valence-corrected chi connectivity index (χ4v) is 2.49. The summed E-state index contributed by atoms with van der Waals surface area (Å²) in [5.41, 5.74) is 3.06. The fourth-order valence-electron chi connectivity index (χ4n) is 2.49. The average molecular weight is 495 g/mol. The lowest BCUT2D eigenvalue weighted by Crippen LogP contribution is -2.28. The number of anilines is 1. The normalized spacial score (nSPS) is 9.63. The van der Waals surface area contributed by atoms with Gasteiger partial charge in [0.2, 0.25) is 0 Å². The number of carbonyl (C=O) groups is 4. The van der Waals surface area contributed by atoms with Crippen molar-refractivity contribution in [2.45, 2.75) is 20.8 Å². The molecule has 2 aromatic rings. The number of benzene rings is 1. The van der Waals surface area contributed by atoms with Gasteiger partial charge in [0.15, 0.2) is 0 Å². The first-order valence-electron chi connectivity index (χ1n) is 10.3. The Morgan fingerprint density at radius 1 is 0.886 bits per heavy atom. The number of aliphatic carboxylic acids is 4. The molecule has 0 aliphatic carbocycles. The van der Waals surface area contributed by atoms with Crippen molar-refractivity contribution in [1.82, 2.24) is 15.1 Å². The first kappa shape index (κ1) is 30.7. The number of aromatic nitrogens is 2. The summed E-state index contributed by atoms with van der Waals surface area (Å²) in [6.45, 7) is 10.4. The number of rotatable bonds is 8. The van der Waals surface area contributed by atoms with Crippen LogP contribution in [0.15, 0.2) is 30.3 Å². The summed E-state index contributed by atoms with van der Waals surface area (Å²) >= 11 is 0. The van der Waals surface area contributed by atoms with E-state index in [0.717, 1.165) is 54.6 Å². The number of nitrogens with one attached hydrogen (secondary N) is 1. The summed E-state index contributed by atoms with van der Waals surface area (Å²) in [5, 5.41) is 41.6. The Bertz CT molecular complexity index is 929. The number of methoxy groups -OCH3 is 1. The molecule has 0 saturated carbocycles. The van der Waals surface area contributed by atoms with Crippen LogP contribution in [0.1, 0.15) is 19.4 Å². The molecule has 0 radical (unpaired) electrons. The van der Waals surface area contributed by atoms with Gasteiger partial charge in [0, 0.05) is 18.7 Å². The molecule has 1 aromatic carbocycles. The van der Waals surface area contributed by atoms with Crippen LogP contribution in [-0.4, -0.2) is 92.7 Å². The zero-order chi connectivity index (χ0) is 27.0. The topological polar surface area (TPSA) is 199 Å². The molecule has 1 aromatic heterocycles. The molecule has 0 unspecified atom stereocenters. The van der Waals surface area contributed by atoms with Crippen molar-refractivity contribution < 1.29 is 44.3 Å². The molecule has 0 saturated heterocycles. The Kier molecular flexibility index (Phi) is 14.4. The first-order valence-corrected chi connectivity index (χ1v) is 10.3. The quantitative estimate of drug-likeness (QED) is 0.331. The van der Waals surface area contributed by atoms with Crippen molar-refractivity contribution in [3.63, 3.8) is 0 Å². The van der Waals surface area contributed by atoms with Gasteiger partial charge in [-0.3, -0.25) is 0 Å². The van der Waals surface area contributed by atoms with Crippen LogP contribution in [0, 0.1) is 6.92 Å². The zero-order valence-electron chi connectivity index (χ0n) is 19.9. The zero-order valence-corrected chi connectivity index (χ0v) is 19.9. The van der Waals surface area contributed by atoms with Crippen LogP contribution in [-0.2, 0) is 19.2 Å². The fraction of sp³-hybridized carbons (Fsp3) is 0.364. The number of hydrogen-bond donors (Lipinski definition) is 5. The van der Waals surface area contributed by atoms with Gasteiger partial charge in [-0.25, -0.2) is 19.2 Å². The van der Waals surface area contributed by atoms with E-state index in [1.807, 2.05) is 24.3 Å². The van der Waals surface area contributed by atoms with Crippen molar-refractivity contribution in [1.29, 1.82) is 0 Å². The number of carboxylic acids is 4. The van der Waals surface area contributed by atoms with Gasteiger partial charge >= 0.3 is 23.9 Å². The number of carboxylic acid groups (broad SMARTS) is 4. The van der Waals surface area contributed by atoms with Crippen LogP contribution < -0.4 is 10.1 Å². The molecule has 5 N–H and O–H groups in total. The molecule has 1 heterocycles. The van der Waals surface area contributed by atoms with Gasteiger partial charge in [0.05, 0.1) is 12.8 Å². The number of aryl methyl sites for hydroxylation is 1. The number of ether oxygens (including phenoxy) is 1. The highest BCUT2D eigenvalue weighted by atomic mass is 16.5. The molecule has 0 atom stereocenters. The highest BCUT2D eigenvalue weighted by molar-refractivity contribution is 6.27. The predicted molar refractivity (Wildman–Crippen MR) is 126 cm³/mol. The van der Waals surface area contributed by atoms with Gasteiger partial charge in [-0.15, -0.1) is 10.2 Å². The molecule has 13 nitrogen and oxygen atoms in total. The molecule has 0 bridgehead atoms. The Morgan fingerprint density at radius 3 is 1.74 bits per heavy atom. The summed E-state index contributed by atoms with van der Waals surface area (Å²) in [5.74, 6) is -5.63. The van der Waals surface area contributed by atoms with Gasteiger partial charge in [-0.1, -0.05) is 13.8 Å². The first-order chi connectivity index (χ1) is 16.5. The molecule has 35 heavy (non-hydrogen) atoms. The summed E-state index contributed by atoms with van der Waals surface area (Å²) in [6.07, 6.45) is 0. The highest BCUT2D eigenvalue weighted by Gasteiger charge is 2.07. The number of nitrogens with zero attached hydrogens (tertiary/aromatic N) is 3. The maximum atomic E-state index is 9.10. The lowest BCUT2D eigenvalue weighted by Gasteiger charge is -2.18. The van der Waals surface area contributed by atoms with Crippen molar-refractivity contribution in [3.05, 3.63) is 35.9 Å². The van der Waals surface area contributed by atoms with Crippen LogP contribution in [0.4, 0.5) is 5.82 Å². The Hall–Kier alpha value is -4.26. The van der Waals surface area contributed by atoms with E-state index in [9.17, 15) is 0 Å². The SMILES string of the molecule is CCN(CC)CCNc1cc(C)c(-c2ccc(OC)cc2)nn1.O=C(O)C(=O)O.O=C(O)C(=O)O. The van der Waals surface area contributed by atoms with E-state index in [-0.39, 0.29) is 0 Å². The Balaban J connectivity index is 0.000000797. The second-order valence-corrected chi connectivity index (χ2v) is 6.66. The average Bonchev–Trinajstić information content (AvgIpc) is 2.82. The minimum Gasteiger partial charge on any atom is -0.497 e. The second-order valence-electron chi connectivity index (χ2n) is 6.66. The predicted octanol–water partition coefficient (Wildman–Crippen LogP) is 1.53. The molecular weight excluding hydrogens is 464 g/mol. The van der Waals surface area contributed by atoms with E-state index in [1.54, 1.807) is 7.11 Å². The minimum absolute atomic E-state index is 0.826. The third kappa shape index (κ3) is 12.5. The van der Waals surface area contributed by atoms with Gasteiger partial charge < -0.3 is 35.4 Å².